The molecular formula is C22H22N3O2+. The second kappa shape index (κ2) is 6.90. The van der Waals surface area contributed by atoms with Gasteiger partial charge < -0.3 is 9.15 Å². The number of hydrogen-bond donors (Lipinski definition) is 1. The van der Waals surface area contributed by atoms with E-state index in [2.05, 4.69) is 42.4 Å². The molecule has 0 radical (unpaired) electrons. The first-order valence-electron chi connectivity index (χ1n) is 9.04. The van der Waals surface area contributed by atoms with Crippen molar-refractivity contribution in [2.24, 2.45) is 0 Å². The molecule has 1 aliphatic heterocycles. The molecule has 0 bridgehead atoms. The van der Waals surface area contributed by atoms with Crippen molar-refractivity contribution < 1.29 is 14.1 Å². The van der Waals surface area contributed by atoms with E-state index in [4.69, 9.17) is 9.15 Å². The van der Waals surface area contributed by atoms with Gasteiger partial charge in [-0.15, -0.1) is 0 Å². The van der Waals surface area contributed by atoms with Crippen molar-refractivity contribution in [2.75, 3.05) is 5.32 Å². The van der Waals surface area contributed by atoms with E-state index in [-0.39, 0.29) is 5.60 Å². The van der Waals surface area contributed by atoms with E-state index < -0.39 is 0 Å². The summed E-state index contributed by atoms with van der Waals surface area (Å²) in [6.07, 6.45) is 2.33. The van der Waals surface area contributed by atoms with E-state index in [9.17, 15) is 5.26 Å². The molecule has 27 heavy (non-hydrogen) atoms. The fraction of sp³-hybridized carbons (Fsp3) is 0.273. The summed E-state index contributed by atoms with van der Waals surface area (Å²) in [6.45, 7) is 5.18. The average molecular weight is 360 g/mol. The highest BCUT2D eigenvalue weighted by atomic mass is 16.5. The minimum absolute atomic E-state index is 0.308. The Morgan fingerprint density at radius 1 is 1.15 bits per heavy atom. The quantitative estimate of drug-likeness (QED) is 0.760. The number of hydrogen-bond acceptors (Lipinski definition) is 4. The van der Waals surface area contributed by atoms with Crippen LogP contribution in [0.25, 0.3) is 11.5 Å². The van der Waals surface area contributed by atoms with E-state index in [1.165, 1.54) is 0 Å². The third-order valence-electron chi connectivity index (χ3n) is 4.87. The van der Waals surface area contributed by atoms with Crippen LogP contribution in [0, 0.1) is 11.3 Å². The van der Waals surface area contributed by atoms with E-state index >= 15 is 0 Å². The van der Waals surface area contributed by atoms with E-state index in [1.54, 1.807) is 6.26 Å². The van der Waals surface area contributed by atoms with Crippen molar-refractivity contribution in [3.63, 3.8) is 0 Å². The summed E-state index contributed by atoms with van der Waals surface area (Å²) < 4.78 is 11.6. The largest absolute Gasteiger partial charge is 0.461 e. The summed E-state index contributed by atoms with van der Waals surface area (Å²) in [5.41, 5.74) is 4.36. The van der Waals surface area contributed by atoms with Crippen molar-refractivity contribution in [3.05, 3.63) is 71.0 Å². The average Bonchev–Trinajstić information content (AvgIpc) is 3.20. The predicted octanol–water partition coefficient (Wildman–Crippen LogP) is 4.10. The monoisotopic (exact) mass is 360 g/mol. The van der Waals surface area contributed by atoms with Gasteiger partial charge in [-0.2, -0.15) is 5.26 Å². The van der Waals surface area contributed by atoms with Gasteiger partial charge in [0, 0.05) is 12.0 Å². The number of H-pyrrole nitrogens is 1. The van der Waals surface area contributed by atoms with Gasteiger partial charge in [0.2, 0.25) is 0 Å². The lowest BCUT2D eigenvalue weighted by Gasteiger charge is -2.32. The molecule has 3 aromatic rings. The van der Waals surface area contributed by atoms with Gasteiger partial charge in [0.05, 0.1) is 18.5 Å². The lowest BCUT2D eigenvalue weighted by molar-refractivity contribution is -0.350. The molecule has 0 amide bonds. The molecule has 4 rings (SSSR count). The Morgan fingerprint density at radius 3 is 2.67 bits per heavy atom. The zero-order chi connectivity index (χ0) is 18.9. The van der Waals surface area contributed by atoms with Crippen molar-refractivity contribution in [2.45, 2.75) is 39.0 Å². The van der Waals surface area contributed by atoms with Gasteiger partial charge in [0.15, 0.2) is 11.5 Å². The number of nitrogens with zero attached hydrogens (tertiary/aromatic N) is 1. The second-order valence-corrected chi connectivity index (χ2v) is 7.36. The smallest absolute Gasteiger partial charge is 0.291 e. The van der Waals surface area contributed by atoms with Crippen LogP contribution < -0.4 is 10.3 Å². The normalized spacial score (nSPS) is 15.0. The maximum atomic E-state index is 9.89. The highest BCUT2D eigenvalue weighted by molar-refractivity contribution is 5.64. The van der Waals surface area contributed by atoms with E-state index in [0.29, 0.717) is 31.0 Å². The molecule has 136 valence electrons. The molecule has 5 heteroatoms. The predicted molar refractivity (Wildman–Crippen MR) is 102 cm³/mol. The number of nitriles is 1. The lowest BCUT2D eigenvalue weighted by atomic mass is 9.87. The van der Waals surface area contributed by atoms with Crippen LogP contribution in [0.15, 0.2) is 53.1 Å². The van der Waals surface area contributed by atoms with Gasteiger partial charge in [0.25, 0.3) is 5.82 Å². The number of anilines is 1. The molecule has 2 N–H and O–H groups in total. The molecule has 5 nitrogen and oxygen atoms in total. The van der Waals surface area contributed by atoms with Crippen LogP contribution >= 0.6 is 0 Å². The maximum absolute atomic E-state index is 9.89. The Labute approximate surface area is 158 Å². The number of aromatic amines is 1. The third kappa shape index (κ3) is 3.44. The van der Waals surface area contributed by atoms with Crippen LogP contribution in [0.1, 0.15) is 36.1 Å². The molecule has 1 aliphatic rings. The zero-order valence-electron chi connectivity index (χ0n) is 15.5. The van der Waals surface area contributed by atoms with Gasteiger partial charge in [-0.3, -0.25) is 5.32 Å². The highest BCUT2D eigenvalue weighted by Crippen LogP contribution is 2.36. The van der Waals surface area contributed by atoms with Gasteiger partial charge in [-0.25, -0.2) is 4.98 Å². The first-order chi connectivity index (χ1) is 13.1. The molecule has 1 aromatic carbocycles. The van der Waals surface area contributed by atoms with Gasteiger partial charge >= 0.3 is 0 Å². The Kier molecular flexibility index (Phi) is 4.43. The number of fused-ring (bicyclic) bond motifs is 1. The SMILES string of the molecule is CC1(C)Cc2c(C#N)c(NCc3ccccc3)[nH+]c(-c3ccco3)c2CO1. The van der Waals surface area contributed by atoms with Gasteiger partial charge in [-0.1, -0.05) is 30.3 Å². The Balaban J connectivity index is 1.81. The first kappa shape index (κ1) is 17.3. The summed E-state index contributed by atoms with van der Waals surface area (Å²) >= 11 is 0. The van der Waals surface area contributed by atoms with Crippen molar-refractivity contribution >= 4 is 5.82 Å². The zero-order valence-corrected chi connectivity index (χ0v) is 15.5. The lowest BCUT2D eigenvalue weighted by Crippen LogP contribution is -2.35. The van der Waals surface area contributed by atoms with Crippen molar-refractivity contribution in [3.8, 4) is 17.5 Å². The second-order valence-electron chi connectivity index (χ2n) is 7.36. The number of benzene rings is 1. The topological polar surface area (TPSA) is 72.3 Å². The summed E-state index contributed by atoms with van der Waals surface area (Å²) in [4.78, 5) is 3.38. The van der Waals surface area contributed by atoms with Crippen LogP contribution in [0.4, 0.5) is 5.82 Å². The third-order valence-corrected chi connectivity index (χ3v) is 4.87. The van der Waals surface area contributed by atoms with Gasteiger partial charge in [0.1, 0.15) is 18.2 Å². The summed E-state index contributed by atoms with van der Waals surface area (Å²) in [5.74, 6) is 1.45. The fourth-order valence-electron chi connectivity index (χ4n) is 3.49. The fourth-order valence-corrected chi connectivity index (χ4v) is 3.49. The number of nitrogens with one attached hydrogen (secondary N) is 2. The van der Waals surface area contributed by atoms with Crippen molar-refractivity contribution in [1.82, 2.24) is 0 Å². The van der Waals surface area contributed by atoms with E-state index in [0.717, 1.165) is 28.1 Å². The van der Waals surface area contributed by atoms with Crippen LogP contribution in [0.5, 0.6) is 0 Å². The Bertz CT molecular complexity index is 987. The minimum atomic E-state index is -0.308. The van der Waals surface area contributed by atoms with Crippen LogP contribution in [0.3, 0.4) is 0 Å². The summed E-state index contributed by atoms with van der Waals surface area (Å²) in [7, 11) is 0. The number of pyridine rings is 1. The number of ether oxygens (including phenoxy) is 1. The number of furan rings is 1. The van der Waals surface area contributed by atoms with Crippen LogP contribution in [0.2, 0.25) is 0 Å². The molecule has 0 unspecified atom stereocenters. The highest BCUT2D eigenvalue weighted by Gasteiger charge is 2.34. The standard InChI is InChI=1S/C22H21N3O2/c1-22(2)11-16-17(12-23)21(24-13-15-7-4-3-5-8-15)25-20(18(16)14-27-22)19-9-6-10-26-19/h3-10H,11,13-14H2,1-2H3,(H,24,25)/p+1. The first-order valence-corrected chi connectivity index (χ1v) is 9.04. The van der Waals surface area contributed by atoms with E-state index in [1.807, 2.05) is 30.3 Å². The molecule has 0 spiro atoms. The molecule has 2 aromatic heterocycles. The Hall–Kier alpha value is -3.10. The molecular weight excluding hydrogens is 338 g/mol. The molecule has 0 aliphatic carbocycles. The van der Waals surface area contributed by atoms with Crippen molar-refractivity contribution in [1.29, 1.82) is 5.26 Å². The summed E-state index contributed by atoms with van der Waals surface area (Å²) in [6, 6.07) is 16.3. The molecule has 3 heterocycles. The van der Waals surface area contributed by atoms with Crippen LogP contribution in [-0.2, 0) is 24.3 Å². The molecule has 0 saturated carbocycles. The summed E-state index contributed by atoms with van der Waals surface area (Å²) in [5, 5.41) is 13.3. The number of rotatable bonds is 4. The molecule has 0 saturated heterocycles. The molecule has 0 atom stereocenters. The van der Waals surface area contributed by atoms with Gasteiger partial charge in [-0.05, 0) is 37.1 Å². The minimum Gasteiger partial charge on any atom is -0.461 e. The Morgan fingerprint density at radius 2 is 1.96 bits per heavy atom. The van der Waals surface area contributed by atoms with Crippen LogP contribution in [-0.4, -0.2) is 5.60 Å². The maximum Gasteiger partial charge on any atom is 0.291 e. The number of aromatic nitrogens is 1. The molecule has 0 fully saturated rings.